The number of carbonyl (C=O) groups excluding carboxylic acids is 3. The number of amides is 4. The third-order valence-electron chi connectivity index (χ3n) is 5.36. The van der Waals surface area contributed by atoms with E-state index in [2.05, 4.69) is 10.6 Å². The molecule has 4 rings (SSSR count). The highest BCUT2D eigenvalue weighted by Crippen LogP contribution is 2.34. The van der Waals surface area contributed by atoms with E-state index in [1.54, 1.807) is 13.0 Å². The van der Waals surface area contributed by atoms with Gasteiger partial charge in [0.05, 0.1) is 0 Å². The van der Waals surface area contributed by atoms with E-state index in [9.17, 15) is 14.4 Å². The maximum absolute atomic E-state index is 12.9. The lowest BCUT2D eigenvalue weighted by Gasteiger charge is -2.22. The van der Waals surface area contributed by atoms with Crippen molar-refractivity contribution in [2.75, 3.05) is 13.3 Å². The summed E-state index contributed by atoms with van der Waals surface area (Å²) in [7, 11) is 0. The number of benzene rings is 1. The molecule has 1 atom stereocenters. The summed E-state index contributed by atoms with van der Waals surface area (Å²) in [6.07, 6.45) is 4.40. The molecule has 2 N–H and O–H groups in total. The van der Waals surface area contributed by atoms with E-state index < -0.39 is 17.5 Å². The molecule has 4 amide bonds. The maximum Gasteiger partial charge on any atom is 0.325 e. The molecule has 3 aliphatic rings. The predicted octanol–water partition coefficient (Wildman–Crippen LogP) is 1.33. The van der Waals surface area contributed by atoms with Gasteiger partial charge in [0.2, 0.25) is 12.7 Å². The molecule has 1 aromatic carbocycles. The third-order valence-corrected chi connectivity index (χ3v) is 5.36. The van der Waals surface area contributed by atoms with Crippen molar-refractivity contribution in [3.8, 4) is 11.5 Å². The molecule has 0 aromatic heterocycles. The molecule has 144 valence electrons. The fraction of sp³-hybridized carbons (Fsp3) is 0.526. The summed E-state index contributed by atoms with van der Waals surface area (Å²) in [6.45, 7) is 1.60. The summed E-state index contributed by atoms with van der Waals surface area (Å²) < 4.78 is 10.7. The Bertz CT molecular complexity index is 790. The molecule has 1 saturated carbocycles. The van der Waals surface area contributed by atoms with Crippen molar-refractivity contribution in [2.24, 2.45) is 0 Å². The number of fused-ring (bicyclic) bond motifs is 1. The highest BCUT2D eigenvalue weighted by Gasteiger charge is 2.48. The molecule has 0 radical (unpaired) electrons. The number of rotatable bonds is 5. The molecular formula is C19H23N3O5. The van der Waals surface area contributed by atoms with Crippen molar-refractivity contribution in [1.29, 1.82) is 0 Å². The van der Waals surface area contributed by atoms with Gasteiger partial charge < -0.3 is 20.1 Å². The summed E-state index contributed by atoms with van der Waals surface area (Å²) >= 11 is 0. The number of carbonyl (C=O) groups is 3. The van der Waals surface area contributed by atoms with Crippen LogP contribution in [0.2, 0.25) is 0 Å². The summed E-state index contributed by atoms with van der Waals surface area (Å²) in [5.74, 6) is 0.598. The topological polar surface area (TPSA) is 97.0 Å². The van der Waals surface area contributed by atoms with Crippen LogP contribution in [0, 0.1) is 0 Å². The van der Waals surface area contributed by atoms with Crippen LogP contribution in [-0.4, -0.2) is 47.7 Å². The molecule has 2 aliphatic heterocycles. The quantitative estimate of drug-likeness (QED) is 0.759. The first-order valence-corrected chi connectivity index (χ1v) is 9.27. The molecule has 2 heterocycles. The van der Waals surface area contributed by atoms with E-state index in [0.29, 0.717) is 17.9 Å². The highest BCUT2D eigenvalue weighted by atomic mass is 16.7. The Balaban J connectivity index is 1.42. The number of ether oxygens (including phenoxy) is 2. The van der Waals surface area contributed by atoms with Crippen LogP contribution in [0.15, 0.2) is 18.2 Å². The predicted molar refractivity (Wildman–Crippen MR) is 95.3 cm³/mol. The highest BCUT2D eigenvalue weighted by molar-refractivity contribution is 6.09. The van der Waals surface area contributed by atoms with Gasteiger partial charge in [0.15, 0.2) is 11.5 Å². The van der Waals surface area contributed by atoms with Gasteiger partial charge in [-0.2, -0.15) is 0 Å². The van der Waals surface area contributed by atoms with Crippen molar-refractivity contribution in [3.05, 3.63) is 23.8 Å². The normalized spacial score (nSPS) is 24.4. The Morgan fingerprint density at radius 2 is 2.00 bits per heavy atom. The number of nitrogens with one attached hydrogen (secondary N) is 2. The number of hydrogen-bond acceptors (Lipinski definition) is 5. The van der Waals surface area contributed by atoms with Crippen LogP contribution in [0.25, 0.3) is 0 Å². The lowest BCUT2D eigenvalue weighted by molar-refractivity contribution is -0.134. The van der Waals surface area contributed by atoms with Crippen molar-refractivity contribution >= 4 is 17.8 Å². The van der Waals surface area contributed by atoms with Crippen molar-refractivity contribution in [2.45, 2.75) is 50.6 Å². The van der Waals surface area contributed by atoms with Gasteiger partial charge in [-0.25, -0.2) is 4.79 Å². The van der Waals surface area contributed by atoms with Crippen molar-refractivity contribution in [3.63, 3.8) is 0 Å². The average Bonchev–Trinajstić information content (AvgIpc) is 3.33. The molecule has 1 aliphatic carbocycles. The molecule has 8 nitrogen and oxygen atoms in total. The van der Waals surface area contributed by atoms with Crippen molar-refractivity contribution < 1.29 is 23.9 Å². The van der Waals surface area contributed by atoms with Gasteiger partial charge in [-0.15, -0.1) is 0 Å². The maximum atomic E-state index is 12.9. The van der Waals surface area contributed by atoms with Gasteiger partial charge in [0.25, 0.3) is 5.91 Å². The fourth-order valence-electron chi connectivity index (χ4n) is 3.96. The van der Waals surface area contributed by atoms with Crippen LogP contribution in [0.5, 0.6) is 11.5 Å². The lowest BCUT2D eigenvalue weighted by atomic mass is 9.92. The van der Waals surface area contributed by atoms with Gasteiger partial charge in [-0.3, -0.25) is 14.5 Å². The van der Waals surface area contributed by atoms with Crippen LogP contribution in [0.3, 0.4) is 0 Å². The zero-order valence-electron chi connectivity index (χ0n) is 15.2. The zero-order valence-corrected chi connectivity index (χ0v) is 15.2. The molecule has 0 unspecified atom stereocenters. The first kappa shape index (κ1) is 17.6. The summed E-state index contributed by atoms with van der Waals surface area (Å²) in [5.41, 5.74) is -0.258. The molecule has 8 heteroatoms. The Morgan fingerprint density at radius 3 is 2.78 bits per heavy atom. The van der Waals surface area contributed by atoms with Crippen LogP contribution >= 0.6 is 0 Å². The molecular weight excluding hydrogens is 350 g/mol. The summed E-state index contributed by atoms with van der Waals surface area (Å²) in [6, 6.07) is 5.05. The number of imide groups is 1. The van der Waals surface area contributed by atoms with Crippen LogP contribution in [0.1, 0.15) is 38.2 Å². The van der Waals surface area contributed by atoms with Gasteiger partial charge in [0, 0.05) is 12.5 Å². The molecule has 1 aromatic rings. The minimum atomic E-state index is -1.10. The Labute approximate surface area is 157 Å². The Morgan fingerprint density at radius 1 is 1.26 bits per heavy atom. The van der Waals surface area contributed by atoms with Crippen molar-refractivity contribution in [1.82, 2.24) is 15.5 Å². The molecule has 27 heavy (non-hydrogen) atoms. The second-order valence-electron chi connectivity index (χ2n) is 7.57. The van der Waals surface area contributed by atoms with E-state index in [4.69, 9.17) is 9.47 Å². The van der Waals surface area contributed by atoms with Crippen LogP contribution < -0.4 is 20.1 Å². The zero-order chi connectivity index (χ0) is 19.0. The average molecular weight is 373 g/mol. The second-order valence-corrected chi connectivity index (χ2v) is 7.57. The minimum Gasteiger partial charge on any atom is -0.454 e. The van der Waals surface area contributed by atoms with Crippen LogP contribution in [0.4, 0.5) is 4.79 Å². The van der Waals surface area contributed by atoms with E-state index in [-0.39, 0.29) is 25.3 Å². The first-order valence-electron chi connectivity index (χ1n) is 9.27. The van der Waals surface area contributed by atoms with Gasteiger partial charge in [0.1, 0.15) is 12.1 Å². The van der Waals surface area contributed by atoms with E-state index in [0.717, 1.165) is 36.1 Å². The largest absolute Gasteiger partial charge is 0.454 e. The number of nitrogens with zero attached hydrogens (tertiary/aromatic N) is 1. The second kappa shape index (κ2) is 6.75. The fourth-order valence-corrected chi connectivity index (χ4v) is 3.96. The van der Waals surface area contributed by atoms with Gasteiger partial charge in [-0.1, -0.05) is 18.9 Å². The molecule has 0 bridgehead atoms. The summed E-state index contributed by atoms with van der Waals surface area (Å²) in [5, 5.41) is 5.64. The standard InChI is InChI=1S/C19H23N3O5/c1-19(9-12-6-7-14-15(8-12)27-11-26-14)17(24)22(18(25)21-19)10-16(23)20-13-4-2-3-5-13/h6-8,13H,2-5,9-11H2,1H3,(H,20,23)(H,21,25)/t19-/m0/s1. The first-order chi connectivity index (χ1) is 12.9. The number of hydrogen-bond donors (Lipinski definition) is 2. The molecule has 1 saturated heterocycles. The SMILES string of the molecule is C[C@@]1(Cc2ccc3c(c2)OCO3)NC(=O)N(CC(=O)NC2CCCC2)C1=O. The third kappa shape index (κ3) is 3.43. The smallest absolute Gasteiger partial charge is 0.325 e. The van der Waals surface area contributed by atoms with E-state index in [1.807, 2.05) is 12.1 Å². The van der Waals surface area contributed by atoms with Crippen LogP contribution in [-0.2, 0) is 16.0 Å². The van der Waals surface area contributed by atoms with Gasteiger partial charge in [-0.05, 0) is 37.5 Å². The summed E-state index contributed by atoms with van der Waals surface area (Å²) in [4.78, 5) is 38.4. The number of urea groups is 1. The lowest BCUT2D eigenvalue weighted by Crippen LogP contribution is -2.47. The monoisotopic (exact) mass is 373 g/mol. The van der Waals surface area contributed by atoms with Gasteiger partial charge >= 0.3 is 6.03 Å². The van der Waals surface area contributed by atoms with E-state index >= 15 is 0 Å². The Hall–Kier alpha value is -2.77. The molecule has 0 spiro atoms. The molecule has 2 fully saturated rings. The minimum absolute atomic E-state index is 0.151. The Kier molecular flexibility index (Phi) is 4.41. The van der Waals surface area contributed by atoms with E-state index in [1.165, 1.54) is 0 Å².